The second-order valence-electron chi connectivity index (χ2n) is 9.51. The standard InChI is InChI=1S/C25H24F6N4O.ClH/c1-35-13-21(33-34-35)19-12-23(16-5-3-2-4-6-16)22(8-7-20(19)32-23)36-14-15-9-17(24(26,27)28)11-18(10-15)25(29,30)31;/h2-6,9-11,13,19-20,22,32H,7-8,12,14H2,1H3;1H/t19-,20+,22-,23-;/m1./s1. The lowest BCUT2D eigenvalue weighted by Gasteiger charge is -2.42. The number of ether oxygens (including phenoxy) is 1. The van der Waals surface area contributed by atoms with E-state index in [1.807, 2.05) is 36.5 Å². The number of halogens is 7. The monoisotopic (exact) mass is 546 g/mol. The topological polar surface area (TPSA) is 52.0 Å². The molecule has 2 saturated heterocycles. The Morgan fingerprint density at radius 3 is 2.22 bits per heavy atom. The van der Waals surface area contributed by atoms with Crippen LogP contribution in [0.2, 0.25) is 0 Å². The van der Waals surface area contributed by atoms with Gasteiger partial charge in [0.15, 0.2) is 0 Å². The van der Waals surface area contributed by atoms with E-state index in [1.165, 1.54) is 0 Å². The lowest BCUT2D eigenvalue weighted by molar-refractivity contribution is -0.143. The van der Waals surface area contributed by atoms with Crippen molar-refractivity contribution in [3.8, 4) is 0 Å². The van der Waals surface area contributed by atoms with Gasteiger partial charge in [0.2, 0.25) is 0 Å². The molecule has 3 aromatic rings. The summed E-state index contributed by atoms with van der Waals surface area (Å²) in [6.07, 6.45) is -6.50. The van der Waals surface area contributed by atoms with Crippen LogP contribution in [-0.2, 0) is 36.3 Å². The van der Waals surface area contributed by atoms with E-state index in [1.54, 1.807) is 11.7 Å². The quantitative estimate of drug-likeness (QED) is 0.399. The molecule has 0 unspecified atom stereocenters. The van der Waals surface area contributed by atoms with Crippen molar-refractivity contribution >= 4 is 12.4 Å². The number of benzene rings is 2. The molecule has 1 N–H and O–H groups in total. The first kappa shape index (κ1) is 27.4. The van der Waals surface area contributed by atoms with E-state index < -0.39 is 35.1 Å². The molecule has 0 spiro atoms. The first-order valence-corrected chi connectivity index (χ1v) is 11.5. The van der Waals surface area contributed by atoms with Crippen LogP contribution < -0.4 is 5.32 Å². The number of piperidine rings is 1. The Morgan fingerprint density at radius 2 is 1.65 bits per heavy atom. The zero-order valence-corrected chi connectivity index (χ0v) is 20.5. The molecule has 2 aliphatic heterocycles. The van der Waals surface area contributed by atoms with E-state index in [9.17, 15) is 26.3 Å². The number of aromatic nitrogens is 3. The van der Waals surface area contributed by atoms with Gasteiger partial charge in [0, 0.05) is 25.2 Å². The van der Waals surface area contributed by atoms with Gasteiger partial charge in [-0.05, 0) is 48.6 Å². The van der Waals surface area contributed by atoms with Crippen LogP contribution in [0.15, 0.2) is 54.7 Å². The van der Waals surface area contributed by atoms with Gasteiger partial charge in [-0.15, -0.1) is 17.5 Å². The number of nitrogens with zero attached hydrogens (tertiary/aromatic N) is 3. The van der Waals surface area contributed by atoms with Crippen molar-refractivity contribution in [3.63, 3.8) is 0 Å². The lowest BCUT2D eigenvalue weighted by atomic mass is 9.79. The van der Waals surface area contributed by atoms with Gasteiger partial charge < -0.3 is 10.1 Å². The van der Waals surface area contributed by atoms with Crippen molar-refractivity contribution in [2.75, 3.05) is 0 Å². The molecule has 4 atom stereocenters. The Balaban J connectivity index is 0.00000320. The summed E-state index contributed by atoms with van der Waals surface area (Å²) >= 11 is 0. The predicted molar refractivity (Wildman–Crippen MR) is 125 cm³/mol. The highest BCUT2D eigenvalue weighted by atomic mass is 35.5. The fraction of sp³-hybridized carbons (Fsp3) is 0.440. The van der Waals surface area contributed by atoms with Gasteiger partial charge in [-0.25, -0.2) is 0 Å². The minimum absolute atomic E-state index is 0. The summed E-state index contributed by atoms with van der Waals surface area (Å²) in [5.41, 5.74) is -1.75. The number of fused-ring (bicyclic) bond motifs is 2. The van der Waals surface area contributed by atoms with Gasteiger partial charge in [-0.2, -0.15) is 26.3 Å². The molecule has 37 heavy (non-hydrogen) atoms. The molecule has 200 valence electrons. The van der Waals surface area contributed by atoms with Crippen LogP contribution in [0.25, 0.3) is 0 Å². The molecular formula is C25H25ClF6N4O. The molecule has 1 aromatic heterocycles. The normalized spacial score (nSPS) is 25.6. The van der Waals surface area contributed by atoms with E-state index in [2.05, 4.69) is 15.6 Å². The molecule has 3 heterocycles. The van der Waals surface area contributed by atoms with Gasteiger partial charge in [-0.3, -0.25) is 4.68 Å². The average Bonchev–Trinajstić information content (AvgIpc) is 3.39. The first-order valence-electron chi connectivity index (χ1n) is 11.5. The Labute approximate surface area is 215 Å². The van der Waals surface area contributed by atoms with Crippen LogP contribution in [0.3, 0.4) is 0 Å². The maximum Gasteiger partial charge on any atom is 0.416 e. The molecule has 2 aromatic carbocycles. The number of hydrogen-bond acceptors (Lipinski definition) is 4. The zero-order chi connectivity index (χ0) is 25.7. The Kier molecular flexibility index (Phi) is 7.35. The van der Waals surface area contributed by atoms with Crippen LogP contribution in [0.4, 0.5) is 26.3 Å². The van der Waals surface area contributed by atoms with Crippen molar-refractivity contribution < 1.29 is 31.1 Å². The summed E-state index contributed by atoms with van der Waals surface area (Å²) in [5, 5.41) is 12.0. The van der Waals surface area contributed by atoms with Gasteiger partial charge in [0.1, 0.15) is 0 Å². The van der Waals surface area contributed by atoms with Crippen molar-refractivity contribution in [3.05, 3.63) is 82.7 Å². The highest BCUT2D eigenvalue weighted by Gasteiger charge is 2.55. The summed E-state index contributed by atoms with van der Waals surface area (Å²) < 4.78 is 87.6. The van der Waals surface area contributed by atoms with Gasteiger partial charge >= 0.3 is 12.4 Å². The maximum atomic E-state index is 13.3. The molecule has 0 saturated carbocycles. The maximum absolute atomic E-state index is 13.3. The fourth-order valence-corrected chi connectivity index (χ4v) is 5.55. The van der Waals surface area contributed by atoms with Crippen LogP contribution in [0, 0.1) is 0 Å². The molecule has 0 aliphatic carbocycles. The Bertz CT molecular complexity index is 1200. The minimum atomic E-state index is -4.91. The molecule has 0 amide bonds. The third kappa shape index (κ3) is 5.35. The van der Waals surface area contributed by atoms with Crippen LogP contribution in [-0.4, -0.2) is 27.1 Å². The molecule has 5 rings (SSSR count). The average molecular weight is 547 g/mol. The highest BCUT2D eigenvalue weighted by molar-refractivity contribution is 5.85. The molecule has 12 heteroatoms. The molecule has 0 radical (unpaired) electrons. The number of rotatable bonds is 5. The zero-order valence-electron chi connectivity index (χ0n) is 19.7. The van der Waals surface area contributed by atoms with Crippen molar-refractivity contribution in [1.82, 2.24) is 20.3 Å². The minimum Gasteiger partial charge on any atom is -0.371 e. The second kappa shape index (κ2) is 9.92. The first-order chi connectivity index (χ1) is 17.0. The van der Waals surface area contributed by atoms with Crippen LogP contribution in [0.5, 0.6) is 0 Å². The van der Waals surface area contributed by atoms with E-state index in [-0.39, 0.29) is 42.6 Å². The van der Waals surface area contributed by atoms with Crippen molar-refractivity contribution in [2.45, 2.75) is 61.8 Å². The van der Waals surface area contributed by atoms with Crippen LogP contribution >= 0.6 is 12.4 Å². The third-order valence-corrected chi connectivity index (χ3v) is 7.15. The summed E-state index contributed by atoms with van der Waals surface area (Å²) in [4.78, 5) is 0. The summed E-state index contributed by atoms with van der Waals surface area (Å²) in [6, 6.07) is 11.2. The van der Waals surface area contributed by atoms with E-state index in [0.29, 0.717) is 12.8 Å². The van der Waals surface area contributed by atoms with Crippen molar-refractivity contribution in [2.24, 2.45) is 7.05 Å². The molecule has 2 bridgehead atoms. The Hall–Kier alpha value is -2.63. The molecular weight excluding hydrogens is 522 g/mol. The number of aryl methyl sites for hydroxylation is 1. The number of nitrogens with one attached hydrogen (secondary N) is 1. The molecule has 2 fully saturated rings. The summed E-state index contributed by atoms with van der Waals surface area (Å²) in [5.74, 6) is 0.0397. The van der Waals surface area contributed by atoms with Crippen LogP contribution in [0.1, 0.15) is 53.1 Å². The molecule has 5 nitrogen and oxygen atoms in total. The van der Waals surface area contributed by atoms with E-state index in [4.69, 9.17) is 4.74 Å². The van der Waals surface area contributed by atoms with E-state index >= 15 is 0 Å². The number of hydrogen-bond donors (Lipinski definition) is 1. The van der Waals surface area contributed by atoms with Crippen molar-refractivity contribution in [1.29, 1.82) is 0 Å². The SMILES string of the molecule is Cl.Cn1cc([C@@H]2C[C@]3(c4ccccc4)N[C@H]2CC[C@H]3OCc2cc(C(F)(F)F)cc(C(F)(F)F)c2)nn1. The van der Waals surface area contributed by atoms with Gasteiger partial charge in [0.05, 0.1) is 35.1 Å². The largest absolute Gasteiger partial charge is 0.416 e. The Morgan fingerprint density at radius 1 is 1.00 bits per heavy atom. The smallest absolute Gasteiger partial charge is 0.371 e. The second-order valence-corrected chi connectivity index (χ2v) is 9.51. The summed E-state index contributed by atoms with van der Waals surface area (Å²) in [6.45, 7) is -0.381. The third-order valence-electron chi connectivity index (χ3n) is 7.15. The fourth-order valence-electron chi connectivity index (χ4n) is 5.55. The number of alkyl halides is 6. The molecule has 2 aliphatic rings. The van der Waals surface area contributed by atoms with Gasteiger partial charge in [0.25, 0.3) is 0 Å². The van der Waals surface area contributed by atoms with Gasteiger partial charge in [-0.1, -0.05) is 35.5 Å². The van der Waals surface area contributed by atoms with E-state index in [0.717, 1.165) is 29.8 Å². The lowest BCUT2D eigenvalue weighted by Crippen LogP contribution is -2.54. The summed E-state index contributed by atoms with van der Waals surface area (Å²) in [7, 11) is 1.79. The highest BCUT2D eigenvalue weighted by Crippen LogP contribution is 2.50. The predicted octanol–water partition coefficient (Wildman–Crippen LogP) is 5.99.